The Hall–Kier alpha value is -4.05. The third-order valence-corrected chi connectivity index (χ3v) is 7.59. The van der Waals surface area contributed by atoms with Crippen LogP contribution < -0.4 is 15.5 Å². The summed E-state index contributed by atoms with van der Waals surface area (Å²) in [5, 5.41) is 6.48. The maximum absolute atomic E-state index is 13.6. The lowest BCUT2D eigenvalue weighted by Crippen LogP contribution is -2.51. The van der Waals surface area contributed by atoms with Crippen molar-refractivity contribution in [2.75, 3.05) is 37.4 Å². The first-order valence-corrected chi connectivity index (χ1v) is 12.8. The molecule has 0 spiro atoms. The minimum Gasteiger partial charge on any atom is -0.361 e. The van der Waals surface area contributed by atoms with Gasteiger partial charge in [0.2, 0.25) is 0 Å². The average Bonchev–Trinajstić information content (AvgIpc) is 3.42. The number of alkyl halides is 3. The van der Waals surface area contributed by atoms with Gasteiger partial charge in [0.05, 0.1) is 5.69 Å². The fraction of sp³-hybridized carbons (Fsp3) is 0.310. The maximum Gasteiger partial charge on any atom is 0.433 e. The van der Waals surface area contributed by atoms with Gasteiger partial charge in [-0.25, -0.2) is 9.78 Å². The van der Waals surface area contributed by atoms with Crippen LogP contribution in [0.4, 0.5) is 29.5 Å². The molecule has 1 aliphatic rings. The molecule has 0 atom stereocenters. The van der Waals surface area contributed by atoms with Crippen LogP contribution in [0.25, 0.3) is 10.9 Å². The van der Waals surface area contributed by atoms with Crippen LogP contribution >= 0.6 is 0 Å². The Labute approximate surface area is 225 Å². The number of carbonyl (C=O) groups excluding carboxylic acids is 1. The van der Waals surface area contributed by atoms with Gasteiger partial charge in [-0.2, -0.15) is 13.2 Å². The van der Waals surface area contributed by atoms with Gasteiger partial charge < -0.3 is 20.5 Å². The predicted octanol–water partition coefficient (Wildman–Crippen LogP) is 5.96. The molecule has 3 heterocycles. The lowest BCUT2D eigenvalue weighted by Gasteiger charge is -2.47. The van der Waals surface area contributed by atoms with Crippen LogP contribution in [-0.2, 0) is 18.3 Å². The lowest BCUT2D eigenvalue weighted by atomic mass is 9.79. The van der Waals surface area contributed by atoms with Crippen molar-refractivity contribution in [2.24, 2.45) is 0 Å². The lowest BCUT2D eigenvalue weighted by molar-refractivity contribution is -0.141. The monoisotopic (exact) mass is 536 g/mol. The number of halogens is 3. The molecule has 204 valence electrons. The topological polar surface area (TPSA) is 76.3 Å². The minimum atomic E-state index is -4.57. The summed E-state index contributed by atoms with van der Waals surface area (Å²) in [6.07, 6.45) is -1.35. The minimum absolute atomic E-state index is 0.0312. The summed E-state index contributed by atoms with van der Waals surface area (Å²) in [7, 11) is 4.07. The molecule has 4 aromatic rings. The fourth-order valence-corrected chi connectivity index (χ4v) is 5.41. The first kappa shape index (κ1) is 26.6. The van der Waals surface area contributed by atoms with Crippen LogP contribution in [0.15, 0.2) is 72.9 Å². The molecular weight excluding hydrogens is 505 g/mol. The fourth-order valence-electron chi connectivity index (χ4n) is 5.41. The van der Waals surface area contributed by atoms with E-state index in [1.807, 2.05) is 55.4 Å². The molecule has 0 unspecified atom stereocenters. The van der Waals surface area contributed by atoms with Crippen LogP contribution in [0.3, 0.4) is 0 Å². The van der Waals surface area contributed by atoms with Gasteiger partial charge >= 0.3 is 12.2 Å². The molecule has 2 amide bonds. The van der Waals surface area contributed by atoms with Crippen LogP contribution in [-0.4, -0.2) is 48.1 Å². The molecule has 1 aliphatic heterocycles. The summed E-state index contributed by atoms with van der Waals surface area (Å²) in [6.45, 7) is 1.08. The van der Waals surface area contributed by atoms with Gasteiger partial charge in [-0.05, 0) is 56.8 Å². The zero-order chi connectivity index (χ0) is 27.6. The molecule has 39 heavy (non-hydrogen) atoms. The number of aromatic nitrogens is 2. The number of anilines is 2. The number of nitrogens with one attached hydrogen (secondary N) is 3. The highest BCUT2D eigenvalue weighted by Gasteiger charge is 2.39. The summed E-state index contributed by atoms with van der Waals surface area (Å²) < 4.78 is 40.8. The van der Waals surface area contributed by atoms with E-state index in [1.165, 1.54) is 11.6 Å². The van der Waals surface area contributed by atoms with Crippen molar-refractivity contribution >= 4 is 28.4 Å². The number of piperidine rings is 1. The van der Waals surface area contributed by atoms with Crippen molar-refractivity contribution in [1.82, 2.24) is 20.2 Å². The Balaban J connectivity index is 1.35. The molecule has 0 radical (unpaired) electrons. The van der Waals surface area contributed by atoms with Crippen LogP contribution in [0.5, 0.6) is 0 Å². The number of hydrogen-bond acceptors (Lipinski definition) is 4. The van der Waals surface area contributed by atoms with Crippen molar-refractivity contribution in [2.45, 2.75) is 31.1 Å². The van der Waals surface area contributed by atoms with E-state index in [2.05, 4.69) is 37.6 Å². The van der Waals surface area contributed by atoms with Crippen LogP contribution in [0.1, 0.15) is 29.7 Å². The molecule has 10 heteroatoms. The Morgan fingerprint density at radius 1 is 1.03 bits per heavy atom. The van der Waals surface area contributed by atoms with Crippen LogP contribution in [0.2, 0.25) is 0 Å². The molecule has 1 saturated heterocycles. The third kappa shape index (κ3) is 5.42. The molecule has 7 nitrogen and oxygen atoms in total. The van der Waals surface area contributed by atoms with Crippen molar-refractivity contribution < 1.29 is 18.0 Å². The first-order valence-electron chi connectivity index (χ1n) is 12.8. The maximum atomic E-state index is 13.6. The quantitative estimate of drug-likeness (QED) is 0.284. The van der Waals surface area contributed by atoms with Crippen molar-refractivity contribution in [3.05, 3.63) is 89.7 Å². The summed E-state index contributed by atoms with van der Waals surface area (Å²) in [4.78, 5) is 24.0. The second-order valence-electron chi connectivity index (χ2n) is 10.0. The highest BCUT2D eigenvalue weighted by molar-refractivity contribution is 6.00. The average molecular weight is 537 g/mol. The second kappa shape index (κ2) is 10.6. The molecule has 0 saturated carbocycles. The molecule has 2 aromatic heterocycles. The number of aromatic amines is 1. The molecule has 3 N–H and O–H groups in total. The predicted molar refractivity (Wildman–Crippen MR) is 147 cm³/mol. The molecule has 2 aromatic carbocycles. The van der Waals surface area contributed by atoms with Crippen molar-refractivity contribution in [3.8, 4) is 0 Å². The summed E-state index contributed by atoms with van der Waals surface area (Å²) >= 11 is 0. The normalized spacial score (nSPS) is 15.5. The third-order valence-electron chi connectivity index (χ3n) is 7.59. The number of nitrogens with zero attached hydrogens (tertiary/aromatic N) is 3. The summed E-state index contributed by atoms with van der Waals surface area (Å²) in [6, 6.07) is 19.5. The number of hydrogen-bond donors (Lipinski definition) is 3. The van der Waals surface area contributed by atoms with Gasteiger partial charge in [-0.15, -0.1) is 0 Å². The van der Waals surface area contributed by atoms with Gasteiger partial charge in [0.15, 0.2) is 0 Å². The Morgan fingerprint density at radius 2 is 1.77 bits per heavy atom. The van der Waals surface area contributed by atoms with Gasteiger partial charge in [-0.1, -0.05) is 42.5 Å². The van der Waals surface area contributed by atoms with E-state index in [0.29, 0.717) is 24.3 Å². The SMILES string of the molecule is CN(C)C1(c2ccccc2)CCN(c2nc(C(F)(F)F)ccc2CNC(=O)Nc2cccc3[nH]ccc23)CC1. The molecular formula is C29H31F3N6O. The highest BCUT2D eigenvalue weighted by atomic mass is 19.4. The Morgan fingerprint density at radius 3 is 2.46 bits per heavy atom. The highest BCUT2D eigenvalue weighted by Crippen LogP contribution is 2.39. The Kier molecular flexibility index (Phi) is 7.22. The van der Waals surface area contributed by atoms with Crippen molar-refractivity contribution in [1.29, 1.82) is 0 Å². The molecule has 5 rings (SSSR count). The molecule has 0 aliphatic carbocycles. The zero-order valence-electron chi connectivity index (χ0n) is 21.8. The van der Waals surface area contributed by atoms with E-state index in [1.54, 1.807) is 12.3 Å². The van der Waals surface area contributed by atoms with Gasteiger partial charge in [0, 0.05) is 47.8 Å². The van der Waals surface area contributed by atoms with E-state index in [4.69, 9.17) is 0 Å². The first-order chi connectivity index (χ1) is 18.7. The smallest absolute Gasteiger partial charge is 0.361 e. The van der Waals surface area contributed by atoms with E-state index in [0.717, 1.165) is 29.8 Å². The van der Waals surface area contributed by atoms with Gasteiger partial charge in [0.25, 0.3) is 0 Å². The number of pyridine rings is 1. The number of carbonyl (C=O) groups is 1. The Bertz CT molecular complexity index is 1440. The van der Waals surface area contributed by atoms with E-state index in [9.17, 15) is 18.0 Å². The number of benzene rings is 2. The standard InChI is InChI=1S/C29H31F3N6O/c1-37(2)28(21-7-4-3-5-8-21)14-17-38(18-15-28)26-20(11-12-25(36-26)29(30,31)32)19-34-27(39)35-24-10-6-9-23-22(24)13-16-33-23/h3-13,16,33H,14-15,17-19H2,1-2H3,(H2,34,35,39). The summed E-state index contributed by atoms with van der Waals surface area (Å²) in [5.74, 6) is 0.248. The van der Waals surface area contributed by atoms with E-state index < -0.39 is 17.9 Å². The summed E-state index contributed by atoms with van der Waals surface area (Å²) in [5.41, 5.74) is 2.05. The zero-order valence-corrected chi connectivity index (χ0v) is 21.8. The van der Waals surface area contributed by atoms with E-state index in [-0.39, 0.29) is 17.9 Å². The van der Waals surface area contributed by atoms with Crippen molar-refractivity contribution in [3.63, 3.8) is 0 Å². The number of rotatable bonds is 6. The van der Waals surface area contributed by atoms with Gasteiger partial charge in [-0.3, -0.25) is 4.90 Å². The largest absolute Gasteiger partial charge is 0.433 e. The number of fused-ring (bicyclic) bond motifs is 1. The van der Waals surface area contributed by atoms with Crippen LogP contribution in [0, 0.1) is 0 Å². The number of amides is 2. The number of H-pyrrole nitrogens is 1. The van der Waals surface area contributed by atoms with Gasteiger partial charge in [0.1, 0.15) is 11.5 Å². The number of urea groups is 1. The van der Waals surface area contributed by atoms with E-state index >= 15 is 0 Å². The molecule has 1 fully saturated rings. The molecule has 0 bridgehead atoms. The second-order valence-corrected chi connectivity index (χ2v) is 10.0.